The fourth-order valence-electron chi connectivity index (χ4n) is 0.971. The molecule has 2 nitrogen and oxygen atoms in total. The van der Waals surface area contributed by atoms with Gasteiger partial charge in [0.15, 0.2) is 0 Å². The zero-order valence-corrected chi connectivity index (χ0v) is 7.04. The standard InChI is InChI=1S/C9H14N2/c1-8-4-3-5-9(6-8)11(2)7-10/h3-6H,7,10H2,1-2H3. The molecule has 0 saturated heterocycles. The minimum atomic E-state index is 0.559. The summed E-state index contributed by atoms with van der Waals surface area (Å²) in [5, 5.41) is 0. The molecule has 0 aliphatic heterocycles. The van der Waals surface area contributed by atoms with Crippen molar-refractivity contribution in [2.75, 3.05) is 18.6 Å². The number of hydrogen-bond acceptors (Lipinski definition) is 2. The van der Waals surface area contributed by atoms with Crippen LogP contribution in [0.3, 0.4) is 0 Å². The van der Waals surface area contributed by atoms with E-state index in [1.807, 2.05) is 18.0 Å². The Morgan fingerprint density at radius 2 is 2.18 bits per heavy atom. The van der Waals surface area contributed by atoms with Crippen LogP contribution in [0.5, 0.6) is 0 Å². The van der Waals surface area contributed by atoms with Crippen molar-refractivity contribution in [1.82, 2.24) is 0 Å². The van der Waals surface area contributed by atoms with Gasteiger partial charge in [0.1, 0.15) is 0 Å². The molecule has 11 heavy (non-hydrogen) atoms. The van der Waals surface area contributed by atoms with E-state index >= 15 is 0 Å². The van der Waals surface area contributed by atoms with Crippen LogP contribution in [0.1, 0.15) is 5.56 Å². The molecule has 0 fully saturated rings. The predicted molar refractivity (Wildman–Crippen MR) is 48.6 cm³/mol. The zero-order chi connectivity index (χ0) is 8.27. The number of benzene rings is 1. The van der Waals surface area contributed by atoms with Crippen LogP contribution in [0.25, 0.3) is 0 Å². The molecule has 0 aliphatic rings. The van der Waals surface area contributed by atoms with Gasteiger partial charge in [0, 0.05) is 12.7 Å². The van der Waals surface area contributed by atoms with Gasteiger partial charge in [-0.05, 0) is 24.6 Å². The summed E-state index contributed by atoms with van der Waals surface area (Å²) >= 11 is 0. The Kier molecular flexibility index (Phi) is 2.49. The minimum Gasteiger partial charge on any atom is -0.362 e. The van der Waals surface area contributed by atoms with Crippen LogP contribution in [0.2, 0.25) is 0 Å². The SMILES string of the molecule is Cc1cccc(N(C)CN)c1. The van der Waals surface area contributed by atoms with Crippen molar-refractivity contribution in [3.8, 4) is 0 Å². The molecule has 0 radical (unpaired) electrons. The van der Waals surface area contributed by atoms with Gasteiger partial charge in [0.25, 0.3) is 0 Å². The van der Waals surface area contributed by atoms with Crippen molar-refractivity contribution in [1.29, 1.82) is 0 Å². The van der Waals surface area contributed by atoms with Gasteiger partial charge < -0.3 is 10.6 Å². The first-order valence-corrected chi connectivity index (χ1v) is 3.72. The summed E-state index contributed by atoms with van der Waals surface area (Å²) in [6.07, 6.45) is 0. The Morgan fingerprint density at radius 3 is 2.73 bits per heavy atom. The average molecular weight is 150 g/mol. The summed E-state index contributed by atoms with van der Waals surface area (Å²) in [6.45, 7) is 2.64. The van der Waals surface area contributed by atoms with Crippen LogP contribution in [0.15, 0.2) is 24.3 Å². The Bertz CT molecular complexity index is 233. The van der Waals surface area contributed by atoms with Crippen molar-refractivity contribution in [2.45, 2.75) is 6.92 Å². The summed E-state index contributed by atoms with van der Waals surface area (Å²) in [5.74, 6) is 0. The lowest BCUT2D eigenvalue weighted by atomic mass is 10.2. The third kappa shape index (κ3) is 1.95. The summed E-state index contributed by atoms with van der Waals surface area (Å²) in [7, 11) is 1.98. The molecule has 0 aliphatic carbocycles. The first-order valence-electron chi connectivity index (χ1n) is 3.72. The molecule has 1 aromatic carbocycles. The van der Waals surface area contributed by atoms with Crippen molar-refractivity contribution in [2.24, 2.45) is 5.73 Å². The van der Waals surface area contributed by atoms with E-state index in [1.165, 1.54) is 11.3 Å². The number of aryl methyl sites for hydroxylation is 1. The molecule has 0 atom stereocenters. The number of nitrogens with two attached hydrogens (primary N) is 1. The highest BCUT2D eigenvalue weighted by Crippen LogP contribution is 2.12. The smallest absolute Gasteiger partial charge is 0.0653 e. The first kappa shape index (κ1) is 8.08. The van der Waals surface area contributed by atoms with Gasteiger partial charge in [-0.2, -0.15) is 0 Å². The molecule has 0 aromatic heterocycles. The Morgan fingerprint density at radius 1 is 1.45 bits per heavy atom. The molecule has 0 unspecified atom stereocenters. The summed E-state index contributed by atoms with van der Waals surface area (Å²) in [5.41, 5.74) is 7.92. The minimum absolute atomic E-state index is 0.559. The number of nitrogens with zero attached hydrogens (tertiary/aromatic N) is 1. The number of anilines is 1. The van der Waals surface area contributed by atoms with E-state index in [-0.39, 0.29) is 0 Å². The molecule has 2 heteroatoms. The quantitative estimate of drug-likeness (QED) is 0.645. The van der Waals surface area contributed by atoms with E-state index in [1.54, 1.807) is 0 Å². The first-order chi connectivity index (χ1) is 5.24. The summed E-state index contributed by atoms with van der Waals surface area (Å²) in [4.78, 5) is 2.01. The number of rotatable bonds is 2. The molecule has 0 saturated carbocycles. The normalized spacial score (nSPS) is 9.73. The van der Waals surface area contributed by atoms with Crippen molar-refractivity contribution in [3.63, 3.8) is 0 Å². The lowest BCUT2D eigenvalue weighted by molar-refractivity contribution is 0.932. The lowest BCUT2D eigenvalue weighted by Gasteiger charge is -2.16. The molecule has 0 amide bonds. The van der Waals surface area contributed by atoms with E-state index in [2.05, 4.69) is 25.1 Å². The average Bonchev–Trinajstić information content (AvgIpc) is 2.03. The van der Waals surface area contributed by atoms with Crippen LogP contribution in [0.4, 0.5) is 5.69 Å². The molecule has 2 N–H and O–H groups in total. The van der Waals surface area contributed by atoms with Gasteiger partial charge in [0.2, 0.25) is 0 Å². The second kappa shape index (κ2) is 3.39. The highest BCUT2D eigenvalue weighted by molar-refractivity contribution is 5.47. The Labute approximate surface area is 67.6 Å². The maximum atomic E-state index is 5.48. The molecule has 1 aromatic rings. The highest BCUT2D eigenvalue weighted by Gasteiger charge is 1.95. The van der Waals surface area contributed by atoms with Crippen molar-refractivity contribution >= 4 is 5.69 Å². The van der Waals surface area contributed by atoms with E-state index in [0.29, 0.717) is 6.67 Å². The van der Waals surface area contributed by atoms with Gasteiger partial charge >= 0.3 is 0 Å². The van der Waals surface area contributed by atoms with Crippen molar-refractivity contribution < 1.29 is 0 Å². The maximum Gasteiger partial charge on any atom is 0.0653 e. The largest absolute Gasteiger partial charge is 0.362 e. The van der Waals surface area contributed by atoms with Gasteiger partial charge in [-0.25, -0.2) is 0 Å². The monoisotopic (exact) mass is 150 g/mol. The number of hydrogen-bond donors (Lipinski definition) is 1. The van der Waals surface area contributed by atoms with Crippen LogP contribution in [-0.4, -0.2) is 13.7 Å². The Hall–Kier alpha value is -1.02. The van der Waals surface area contributed by atoms with Crippen LogP contribution >= 0.6 is 0 Å². The maximum absolute atomic E-state index is 5.48. The molecular formula is C9H14N2. The van der Waals surface area contributed by atoms with Crippen LogP contribution < -0.4 is 10.6 Å². The fourth-order valence-corrected chi connectivity index (χ4v) is 0.971. The third-order valence-electron chi connectivity index (χ3n) is 1.72. The Balaban J connectivity index is 2.86. The van der Waals surface area contributed by atoms with Gasteiger partial charge in [0.05, 0.1) is 6.67 Å². The van der Waals surface area contributed by atoms with E-state index in [4.69, 9.17) is 5.73 Å². The van der Waals surface area contributed by atoms with E-state index in [9.17, 15) is 0 Å². The topological polar surface area (TPSA) is 29.3 Å². The van der Waals surface area contributed by atoms with Crippen molar-refractivity contribution in [3.05, 3.63) is 29.8 Å². The molecule has 60 valence electrons. The third-order valence-corrected chi connectivity index (χ3v) is 1.72. The van der Waals surface area contributed by atoms with Gasteiger partial charge in [-0.15, -0.1) is 0 Å². The summed E-state index contributed by atoms with van der Waals surface area (Å²) < 4.78 is 0. The molecule has 0 spiro atoms. The lowest BCUT2D eigenvalue weighted by Crippen LogP contribution is -2.24. The predicted octanol–water partition coefficient (Wildman–Crippen LogP) is 1.35. The summed E-state index contributed by atoms with van der Waals surface area (Å²) in [6, 6.07) is 8.29. The molecule has 0 bridgehead atoms. The van der Waals surface area contributed by atoms with Crippen LogP contribution in [0, 0.1) is 6.92 Å². The van der Waals surface area contributed by atoms with Gasteiger partial charge in [-0.3, -0.25) is 0 Å². The molecular weight excluding hydrogens is 136 g/mol. The van der Waals surface area contributed by atoms with E-state index in [0.717, 1.165) is 0 Å². The molecule has 0 heterocycles. The van der Waals surface area contributed by atoms with E-state index < -0.39 is 0 Å². The fraction of sp³-hybridized carbons (Fsp3) is 0.333. The van der Waals surface area contributed by atoms with Crippen LogP contribution in [-0.2, 0) is 0 Å². The van der Waals surface area contributed by atoms with Gasteiger partial charge in [-0.1, -0.05) is 12.1 Å². The second-order valence-corrected chi connectivity index (χ2v) is 2.72. The molecule has 1 rings (SSSR count). The highest BCUT2D eigenvalue weighted by atomic mass is 15.1. The zero-order valence-electron chi connectivity index (χ0n) is 7.04. The second-order valence-electron chi connectivity index (χ2n) is 2.72.